The van der Waals surface area contributed by atoms with Crippen molar-refractivity contribution >= 4 is 34.5 Å². The van der Waals surface area contributed by atoms with E-state index in [1.54, 1.807) is 11.6 Å². The highest BCUT2D eigenvalue weighted by molar-refractivity contribution is 6.31. The number of amides is 1. The van der Waals surface area contributed by atoms with Gasteiger partial charge in [0.2, 0.25) is 0 Å². The molecule has 6 nitrogen and oxygen atoms in total. The smallest absolute Gasteiger partial charge is 0.267 e. The van der Waals surface area contributed by atoms with Crippen molar-refractivity contribution in [1.82, 2.24) is 20.3 Å². The summed E-state index contributed by atoms with van der Waals surface area (Å²) < 4.78 is 13.6. The summed E-state index contributed by atoms with van der Waals surface area (Å²) in [6, 6.07) is 13.2. The summed E-state index contributed by atoms with van der Waals surface area (Å²) in [5, 5.41) is 10.5. The molecule has 35 heavy (non-hydrogen) atoms. The average molecular weight is 493 g/mol. The SMILES string of the molecule is O=C(/C=C/c1ccc2c(c1)CCC2N(CCc1c[nH]c2cc(F)ccc12)Cc1[nH]ccc1Cl)NO. The van der Waals surface area contributed by atoms with Crippen molar-refractivity contribution in [1.29, 1.82) is 0 Å². The lowest BCUT2D eigenvalue weighted by Crippen LogP contribution is -2.29. The number of hydrogen-bond donors (Lipinski definition) is 4. The van der Waals surface area contributed by atoms with Gasteiger partial charge in [-0.1, -0.05) is 29.8 Å². The van der Waals surface area contributed by atoms with Crippen LogP contribution in [0.2, 0.25) is 5.02 Å². The Morgan fingerprint density at radius 3 is 2.91 bits per heavy atom. The van der Waals surface area contributed by atoms with Gasteiger partial charge < -0.3 is 9.97 Å². The van der Waals surface area contributed by atoms with Crippen LogP contribution in [0.15, 0.2) is 60.9 Å². The first-order chi connectivity index (χ1) is 17.0. The van der Waals surface area contributed by atoms with Gasteiger partial charge in [-0.15, -0.1) is 0 Å². The quantitative estimate of drug-likeness (QED) is 0.148. The van der Waals surface area contributed by atoms with Gasteiger partial charge in [0.1, 0.15) is 5.82 Å². The Balaban J connectivity index is 1.39. The van der Waals surface area contributed by atoms with Gasteiger partial charge in [0.05, 0.1) is 5.02 Å². The van der Waals surface area contributed by atoms with Crippen LogP contribution in [0.25, 0.3) is 17.0 Å². The molecular formula is C27H26ClFN4O2. The van der Waals surface area contributed by atoms with Crippen molar-refractivity contribution in [2.45, 2.75) is 31.8 Å². The maximum absolute atomic E-state index is 13.6. The van der Waals surface area contributed by atoms with Gasteiger partial charge in [-0.3, -0.25) is 14.9 Å². The summed E-state index contributed by atoms with van der Waals surface area (Å²) in [4.78, 5) is 20.2. The Morgan fingerprint density at radius 1 is 1.23 bits per heavy atom. The number of H-pyrrole nitrogens is 2. The van der Waals surface area contributed by atoms with Crippen LogP contribution in [0.4, 0.5) is 4.39 Å². The van der Waals surface area contributed by atoms with Gasteiger partial charge in [-0.2, -0.15) is 0 Å². The summed E-state index contributed by atoms with van der Waals surface area (Å²) in [5.74, 6) is -0.805. The van der Waals surface area contributed by atoms with E-state index in [4.69, 9.17) is 16.8 Å². The second kappa shape index (κ2) is 10.1. The fraction of sp³-hybridized carbons (Fsp3) is 0.222. The number of rotatable bonds is 8. The van der Waals surface area contributed by atoms with Crippen LogP contribution >= 0.6 is 11.6 Å². The van der Waals surface area contributed by atoms with Crippen LogP contribution in [0.3, 0.4) is 0 Å². The Morgan fingerprint density at radius 2 is 2.11 bits per heavy atom. The maximum atomic E-state index is 13.6. The number of carbonyl (C=O) groups excluding carboxylic acids is 1. The molecule has 8 heteroatoms. The molecule has 0 fully saturated rings. The second-order valence-electron chi connectivity index (χ2n) is 8.85. The molecule has 0 bridgehead atoms. The van der Waals surface area contributed by atoms with Crippen molar-refractivity contribution in [3.63, 3.8) is 0 Å². The third-order valence-electron chi connectivity index (χ3n) is 6.73. The van der Waals surface area contributed by atoms with Gasteiger partial charge in [0.25, 0.3) is 5.91 Å². The third kappa shape index (κ3) is 5.03. The Hall–Kier alpha value is -3.39. The molecule has 1 atom stereocenters. The first-order valence-corrected chi connectivity index (χ1v) is 12.0. The number of aryl methyl sites for hydroxylation is 1. The average Bonchev–Trinajstić information content (AvgIpc) is 3.58. The van der Waals surface area contributed by atoms with E-state index in [2.05, 4.69) is 27.0 Å². The van der Waals surface area contributed by atoms with Gasteiger partial charge in [-0.25, -0.2) is 9.87 Å². The molecule has 1 unspecified atom stereocenters. The fourth-order valence-electron chi connectivity index (χ4n) is 4.99. The van der Waals surface area contributed by atoms with Crippen molar-refractivity contribution in [3.8, 4) is 0 Å². The highest BCUT2D eigenvalue weighted by atomic mass is 35.5. The van der Waals surface area contributed by atoms with E-state index in [0.717, 1.165) is 58.6 Å². The maximum Gasteiger partial charge on any atom is 0.267 e. The lowest BCUT2D eigenvalue weighted by atomic mass is 10.0. The molecule has 4 aromatic rings. The third-order valence-corrected chi connectivity index (χ3v) is 7.08. The van der Waals surface area contributed by atoms with Crippen LogP contribution in [0.1, 0.15) is 40.4 Å². The summed E-state index contributed by atoms with van der Waals surface area (Å²) >= 11 is 6.42. The molecule has 1 aliphatic carbocycles. The highest BCUT2D eigenvalue weighted by Crippen LogP contribution is 2.38. The molecule has 180 valence electrons. The zero-order valence-corrected chi connectivity index (χ0v) is 19.8. The van der Waals surface area contributed by atoms with Crippen LogP contribution in [0, 0.1) is 5.82 Å². The number of aromatic nitrogens is 2. The minimum atomic E-state index is -0.558. The van der Waals surface area contributed by atoms with Gasteiger partial charge in [0.15, 0.2) is 0 Å². The van der Waals surface area contributed by atoms with E-state index in [-0.39, 0.29) is 11.9 Å². The van der Waals surface area contributed by atoms with E-state index in [9.17, 15) is 9.18 Å². The molecule has 2 heterocycles. The van der Waals surface area contributed by atoms with E-state index in [1.807, 2.05) is 30.6 Å². The minimum absolute atomic E-state index is 0.228. The molecule has 0 spiro atoms. The molecule has 4 N–H and O–H groups in total. The summed E-state index contributed by atoms with van der Waals surface area (Å²) in [6.45, 7) is 1.49. The van der Waals surface area contributed by atoms with Gasteiger partial charge in [0, 0.05) is 54.2 Å². The van der Waals surface area contributed by atoms with Crippen molar-refractivity contribution in [3.05, 3.63) is 99.7 Å². The standard InChI is InChI=1S/C27H26ClFN4O2/c28-23-9-11-30-25(23)16-33(12-10-19-15-31-24-14-20(29)4-6-21(19)24)26-7-3-18-13-17(1-5-22(18)26)2-8-27(34)32-35/h1-2,4-6,8-9,11,13-15,26,30-31,35H,3,7,10,12,16H2,(H,32,34)/b8-2+. The Bertz CT molecular complexity index is 1390. The summed E-state index contributed by atoms with van der Waals surface area (Å²) in [6.07, 6.45) is 9.55. The van der Waals surface area contributed by atoms with E-state index in [1.165, 1.54) is 29.3 Å². The monoisotopic (exact) mass is 492 g/mol. The molecule has 2 aromatic carbocycles. The van der Waals surface area contributed by atoms with E-state index in [0.29, 0.717) is 6.54 Å². The molecule has 0 aliphatic heterocycles. The normalized spacial score (nSPS) is 15.4. The largest absolute Gasteiger partial charge is 0.363 e. The lowest BCUT2D eigenvalue weighted by Gasteiger charge is -2.29. The summed E-state index contributed by atoms with van der Waals surface area (Å²) in [7, 11) is 0. The molecule has 0 radical (unpaired) electrons. The number of benzene rings is 2. The number of nitrogens with zero attached hydrogens (tertiary/aromatic N) is 1. The molecule has 2 aromatic heterocycles. The second-order valence-corrected chi connectivity index (χ2v) is 9.26. The first-order valence-electron chi connectivity index (χ1n) is 11.6. The molecule has 1 aliphatic rings. The first kappa shape index (κ1) is 23.4. The molecule has 1 amide bonds. The number of hydrogen-bond acceptors (Lipinski definition) is 3. The van der Waals surface area contributed by atoms with Crippen molar-refractivity contribution in [2.24, 2.45) is 0 Å². The van der Waals surface area contributed by atoms with Crippen molar-refractivity contribution in [2.75, 3.05) is 6.54 Å². The molecule has 0 saturated heterocycles. The molecule has 0 saturated carbocycles. The lowest BCUT2D eigenvalue weighted by molar-refractivity contribution is -0.124. The molecular weight excluding hydrogens is 467 g/mol. The zero-order chi connectivity index (χ0) is 24.4. The van der Waals surface area contributed by atoms with Crippen molar-refractivity contribution < 1.29 is 14.4 Å². The Kier molecular flexibility index (Phi) is 6.72. The van der Waals surface area contributed by atoms with E-state index >= 15 is 0 Å². The van der Waals surface area contributed by atoms with Gasteiger partial charge >= 0.3 is 0 Å². The number of carbonyl (C=O) groups is 1. The summed E-state index contributed by atoms with van der Waals surface area (Å²) in [5.41, 5.74) is 8.00. The highest BCUT2D eigenvalue weighted by Gasteiger charge is 2.29. The van der Waals surface area contributed by atoms with Gasteiger partial charge in [-0.05, 0) is 71.9 Å². The minimum Gasteiger partial charge on any atom is -0.363 e. The number of fused-ring (bicyclic) bond motifs is 2. The fourth-order valence-corrected chi connectivity index (χ4v) is 5.17. The molecule has 5 rings (SSSR count). The van der Waals surface area contributed by atoms with Crippen LogP contribution in [-0.2, 0) is 24.2 Å². The number of halogens is 2. The zero-order valence-electron chi connectivity index (χ0n) is 19.0. The van der Waals surface area contributed by atoms with Crippen LogP contribution in [0.5, 0.6) is 0 Å². The van der Waals surface area contributed by atoms with Crippen LogP contribution in [-0.4, -0.2) is 32.5 Å². The van der Waals surface area contributed by atoms with Crippen LogP contribution < -0.4 is 5.48 Å². The Labute approximate surface area is 207 Å². The predicted octanol–water partition coefficient (Wildman–Crippen LogP) is 5.54. The predicted molar refractivity (Wildman–Crippen MR) is 135 cm³/mol. The topological polar surface area (TPSA) is 84.2 Å². The van der Waals surface area contributed by atoms with E-state index < -0.39 is 5.91 Å². The number of aromatic amines is 2. The number of nitrogens with one attached hydrogen (secondary N) is 3. The number of hydroxylamine groups is 1.